The summed E-state index contributed by atoms with van der Waals surface area (Å²) >= 11 is 2.84. The lowest BCUT2D eigenvalue weighted by molar-refractivity contribution is -0.115. The second-order valence-electron chi connectivity index (χ2n) is 6.08. The molecule has 6 nitrogen and oxygen atoms in total. The highest BCUT2D eigenvalue weighted by Crippen LogP contribution is 2.36. The lowest BCUT2D eigenvalue weighted by Crippen LogP contribution is -2.26. The molecule has 0 saturated heterocycles. The summed E-state index contributed by atoms with van der Waals surface area (Å²) in [7, 11) is 0. The van der Waals surface area contributed by atoms with Gasteiger partial charge in [0, 0.05) is 16.9 Å². The molecule has 3 aromatic rings. The Morgan fingerprint density at radius 1 is 1.19 bits per heavy atom. The van der Waals surface area contributed by atoms with E-state index in [1.54, 1.807) is 12.1 Å². The Morgan fingerprint density at radius 2 is 2.00 bits per heavy atom. The molecular formula is C19H16N4O2S2. The van der Waals surface area contributed by atoms with Crippen LogP contribution < -0.4 is 10.6 Å². The summed E-state index contributed by atoms with van der Waals surface area (Å²) < 4.78 is 0. The summed E-state index contributed by atoms with van der Waals surface area (Å²) in [6.07, 6.45) is 0.675. The zero-order valence-electron chi connectivity index (χ0n) is 14.4. The van der Waals surface area contributed by atoms with Gasteiger partial charge in [-0.25, -0.2) is 0 Å². The molecule has 2 heterocycles. The van der Waals surface area contributed by atoms with Crippen LogP contribution in [-0.4, -0.2) is 27.3 Å². The first-order valence-electron chi connectivity index (χ1n) is 8.38. The molecular weight excluding hydrogens is 380 g/mol. The van der Waals surface area contributed by atoms with Crippen molar-refractivity contribution in [1.82, 2.24) is 10.2 Å². The van der Waals surface area contributed by atoms with Crippen LogP contribution in [-0.2, 0) is 11.2 Å². The van der Waals surface area contributed by atoms with Crippen molar-refractivity contribution in [3.05, 3.63) is 64.7 Å². The molecule has 0 fully saturated rings. The van der Waals surface area contributed by atoms with Gasteiger partial charge in [0.1, 0.15) is 5.01 Å². The van der Waals surface area contributed by atoms with Crippen LogP contribution in [0.1, 0.15) is 27.9 Å². The number of nitrogens with zero attached hydrogens (tertiary/aromatic N) is 2. The third kappa shape index (κ3) is 4.01. The molecule has 0 saturated carbocycles. The Kier molecular flexibility index (Phi) is 4.91. The van der Waals surface area contributed by atoms with Gasteiger partial charge in [-0.15, -0.1) is 22.0 Å². The zero-order chi connectivity index (χ0) is 18.8. The van der Waals surface area contributed by atoms with Crippen LogP contribution in [0.25, 0.3) is 0 Å². The molecule has 0 radical (unpaired) electrons. The standard InChI is InChI=1S/C19H16N4O2S2/c1-11-17(24)20-14-10-13(7-8-15(14)26-11)18(25)21-19-23-22-16(27-19)9-12-5-3-2-4-6-12/h2-8,10-11H,9H2,1H3,(H,20,24)(H,21,23,25)/t11-/m0/s1. The van der Waals surface area contributed by atoms with E-state index in [0.29, 0.717) is 22.8 Å². The number of nitrogens with one attached hydrogen (secondary N) is 2. The van der Waals surface area contributed by atoms with Crippen molar-refractivity contribution < 1.29 is 9.59 Å². The van der Waals surface area contributed by atoms with E-state index in [1.165, 1.54) is 23.1 Å². The molecule has 1 aliphatic heterocycles. The number of carbonyl (C=O) groups excluding carboxylic acids is 2. The highest BCUT2D eigenvalue weighted by atomic mass is 32.2. The molecule has 0 aliphatic carbocycles. The molecule has 27 heavy (non-hydrogen) atoms. The second kappa shape index (κ2) is 7.50. The fourth-order valence-corrected chi connectivity index (χ4v) is 4.36. The minimum Gasteiger partial charge on any atom is -0.324 e. The first-order valence-corrected chi connectivity index (χ1v) is 10.1. The average molecular weight is 396 g/mol. The van der Waals surface area contributed by atoms with E-state index in [2.05, 4.69) is 20.8 Å². The third-order valence-corrected chi connectivity index (χ3v) is 6.07. The van der Waals surface area contributed by atoms with Gasteiger partial charge in [0.2, 0.25) is 11.0 Å². The van der Waals surface area contributed by atoms with Crippen LogP contribution in [0.3, 0.4) is 0 Å². The maximum absolute atomic E-state index is 12.5. The van der Waals surface area contributed by atoms with Crippen molar-refractivity contribution in [2.75, 3.05) is 10.6 Å². The number of aromatic nitrogens is 2. The van der Waals surface area contributed by atoms with E-state index >= 15 is 0 Å². The molecule has 136 valence electrons. The van der Waals surface area contributed by atoms with Gasteiger partial charge in [-0.2, -0.15) is 0 Å². The van der Waals surface area contributed by atoms with Crippen molar-refractivity contribution in [3.63, 3.8) is 0 Å². The number of hydrogen-bond donors (Lipinski definition) is 2. The summed E-state index contributed by atoms with van der Waals surface area (Å²) in [5, 5.41) is 15.0. The van der Waals surface area contributed by atoms with E-state index in [-0.39, 0.29) is 17.1 Å². The van der Waals surface area contributed by atoms with Gasteiger partial charge < -0.3 is 5.32 Å². The largest absolute Gasteiger partial charge is 0.324 e. The highest BCUT2D eigenvalue weighted by Gasteiger charge is 2.24. The summed E-state index contributed by atoms with van der Waals surface area (Å²) in [4.78, 5) is 25.3. The lowest BCUT2D eigenvalue weighted by atomic mass is 10.2. The topological polar surface area (TPSA) is 84.0 Å². The predicted molar refractivity (Wildman–Crippen MR) is 108 cm³/mol. The fourth-order valence-electron chi connectivity index (χ4n) is 2.67. The normalized spacial score (nSPS) is 15.7. The number of thioether (sulfide) groups is 1. The van der Waals surface area contributed by atoms with Crippen molar-refractivity contribution in [2.24, 2.45) is 0 Å². The Morgan fingerprint density at radius 3 is 2.81 bits per heavy atom. The van der Waals surface area contributed by atoms with Crippen LogP contribution in [0.4, 0.5) is 10.8 Å². The summed E-state index contributed by atoms with van der Waals surface area (Å²) in [5.41, 5.74) is 2.27. The molecule has 2 amide bonds. The first-order chi connectivity index (χ1) is 13.1. The number of amides is 2. The van der Waals surface area contributed by atoms with Crippen molar-refractivity contribution in [2.45, 2.75) is 23.5 Å². The van der Waals surface area contributed by atoms with E-state index in [4.69, 9.17) is 0 Å². The molecule has 1 aliphatic rings. The number of fused-ring (bicyclic) bond motifs is 1. The average Bonchev–Trinajstić information content (AvgIpc) is 3.10. The smallest absolute Gasteiger partial charge is 0.257 e. The first kappa shape index (κ1) is 17.7. The summed E-state index contributed by atoms with van der Waals surface area (Å²) in [6, 6.07) is 15.3. The second-order valence-corrected chi connectivity index (χ2v) is 8.52. The fraction of sp³-hybridized carbons (Fsp3) is 0.158. The van der Waals surface area contributed by atoms with Crippen LogP contribution in [0, 0.1) is 0 Å². The number of anilines is 2. The van der Waals surface area contributed by atoms with Crippen molar-refractivity contribution in [3.8, 4) is 0 Å². The van der Waals surface area contributed by atoms with Gasteiger partial charge in [0.15, 0.2) is 0 Å². The number of benzene rings is 2. The number of rotatable bonds is 4. The molecule has 2 aromatic carbocycles. The molecule has 2 N–H and O–H groups in total. The highest BCUT2D eigenvalue weighted by molar-refractivity contribution is 8.00. The Bertz CT molecular complexity index is 1000. The SMILES string of the molecule is C[C@@H]1Sc2ccc(C(=O)Nc3nnc(Cc4ccccc4)s3)cc2NC1=O. The van der Waals surface area contributed by atoms with E-state index in [1.807, 2.05) is 43.3 Å². The third-order valence-electron chi connectivity index (χ3n) is 4.06. The van der Waals surface area contributed by atoms with Gasteiger partial charge >= 0.3 is 0 Å². The Hall–Kier alpha value is -2.71. The van der Waals surface area contributed by atoms with Gasteiger partial charge in [-0.3, -0.25) is 14.9 Å². The van der Waals surface area contributed by atoms with Crippen LogP contribution in [0.2, 0.25) is 0 Å². The summed E-state index contributed by atoms with van der Waals surface area (Å²) in [5.74, 6) is -0.335. The predicted octanol–water partition coefficient (Wildman–Crippen LogP) is 3.81. The maximum Gasteiger partial charge on any atom is 0.257 e. The molecule has 4 rings (SSSR count). The quantitative estimate of drug-likeness (QED) is 0.700. The van der Waals surface area contributed by atoms with Crippen molar-refractivity contribution in [1.29, 1.82) is 0 Å². The van der Waals surface area contributed by atoms with Gasteiger partial charge in [-0.05, 0) is 30.7 Å². The van der Waals surface area contributed by atoms with Gasteiger partial charge in [0.25, 0.3) is 5.91 Å². The van der Waals surface area contributed by atoms with Gasteiger partial charge in [-0.1, -0.05) is 41.7 Å². The minimum absolute atomic E-state index is 0.0558. The zero-order valence-corrected chi connectivity index (χ0v) is 16.1. The Balaban J connectivity index is 1.45. The Labute approximate surface area is 164 Å². The monoisotopic (exact) mass is 396 g/mol. The van der Waals surface area contributed by atoms with Crippen LogP contribution in [0.15, 0.2) is 53.4 Å². The van der Waals surface area contributed by atoms with E-state index < -0.39 is 0 Å². The van der Waals surface area contributed by atoms with Crippen LogP contribution in [0.5, 0.6) is 0 Å². The number of hydrogen-bond acceptors (Lipinski definition) is 6. The van der Waals surface area contributed by atoms with Crippen LogP contribution >= 0.6 is 23.1 Å². The summed E-state index contributed by atoms with van der Waals surface area (Å²) in [6.45, 7) is 1.85. The minimum atomic E-state index is -0.280. The molecule has 1 aromatic heterocycles. The lowest BCUT2D eigenvalue weighted by Gasteiger charge is -2.21. The van der Waals surface area contributed by atoms with E-state index in [0.717, 1.165) is 15.5 Å². The molecule has 0 bridgehead atoms. The maximum atomic E-state index is 12.5. The van der Waals surface area contributed by atoms with Crippen molar-refractivity contribution >= 4 is 45.7 Å². The molecule has 1 atom stereocenters. The van der Waals surface area contributed by atoms with E-state index in [9.17, 15) is 9.59 Å². The van der Waals surface area contributed by atoms with Gasteiger partial charge in [0.05, 0.1) is 10.9 Å². The number of carbonyl (C=O) groups is 2. The molecule has 0 unspecified atom stereocenters. The molecule has 8 heteroatoms. The molecule has 0 spiro atoms.